The Hall–Kier alpha value is -2.62. The second-order valence-corrected chi connectivity index (χ2v) is 5.41. The van der Waals surface area contributed by atoms with E-state index in [1.807, 2.05) is 74.3 Å². The molecule has 2 rings (SSSR count). The van der Waals surface area contributed by atoms with Crippen LogP contribution in [0.5, 0.6) is 0 Å². The zero-order valence-electron chi connectivity index (χ0n) is 13.9. The van der Waals surface area contributed by atoms with E-state index >= 15 is 0 Å². The van der Waals surface area contributed by atoms with Gasteiger partial charge in [-0.25, -0.2) is 4.68 Å². The fraction of sp³-hybridized carbons (Fsp3) is 0.263. The molecule has 0 saturated heterocycles. The van der Waals surface area contributed by atoms with Gasteiger partial charge in [0.1, 0.15) is 5.76 Å². The maximum atomic E-state index is 5.50. The lowest BCUT2D eigenvalue weighted by atomic mass is 10.2. The molecule has 0 aliphatic heterocycles. The number of hydrogen-bond donors (Lipinski definition) is 0. The van der Waals surface area contributed by atoms with E-state index in [9.17, 15) is 0 Å². The quantitative estimate of drug-likeness (QED) is 0.550. The molecule has 0 radical (unpaired) electrons. The predicted molar refractivity (Wildman–Crippen MR) is 94.5 cm³/mol. The Morgan fingerprint density at radius 1 is 1.39 bits per heavy atom. The zero-order valence-corrected chi connectivity index (χ0v) is 13.9. The van der Waals surface area contributed by atoms with Crippen molar-refractivity contribution in [2.75, 3.05) is 0 Å². The molecule has 0 aromatic carbocycles. The third kappa shape index (κ3) is 4.95. The fourth-order valence-electron chi connectivity index (χ4n) is 2.14. The highest BCUT2D eigenvalue weighted by Crippen LogP contribution is 2.18. The first kappa shape index (κ1) is 16.7. The van der Waals surface area contributed by atoms with E-state index < -0.39 is 0 Å². The lowest BCUT2D eigenvalue weighted by Crippen LogP contribution is -1.99. The molecule has 4 nitrogen and oxygen atoms in total. The molecular formula is C19H23N3O. The Labute approximate surface area is 137 Å². The number of aromatic nitrogens is 3. The number of hydrogen-bond acceptors (Lipinski definition) is 3. The highest BCUT2D eigenvalue weighted by Gasteiger charge is 2.05. The molecule has 2 aromatic heterocycles. The van der Waals surface area contributed by atoms with Gasteiger partial charge in [0.15, 0.2) is 0 Å². The average molecular weight is 309 g/mol. The normalized spacial score (nSPS) is 12.1. The van der Waals surface area contributed by atoms with Gasteiger partial charge in [-0.3, -0.25) is 4.98 Å². The fourth-order valence-corrected chi connectivity index (χ4v) is 2.14. The Kier molecular flexibility index (Phi) is 5.92. The monoisotopic (exact) mass is 309 g/mol. The lowest BCUT2D eigenvalue weighted by Gasteiger charge is -2.09. The first-order valence-electron chi connectivity index (χ1n) is 7.74. The standard InChI is InChI=1S/C19H23N3O/c1-5-18(10-8-9-16(4)23-15(2)3)22-14-17(13-21-22)19-11-6-7-12-20-19/h5-9,11-15H,4,10H2,1-3H3/b9-8-,18-5+. The summed E-state index contributed by atoms with van der Waals surface area (Å²) in [4.78, 5) is 4.35. The molecule has 0 atom stereocenters. The van der Waals surface area contributed by atoms with Gasteiger partial charge < -0.3 is 4.74 Å². The van der Waals surface area contributed by atoms with Crippen molar-refractivity contribution >= 4 is 5.70 Å². The van der Waals surface area contributed by atoms with Crippen molar-refractivity contribution in [2.45, 2.75) is 33.3 Å². The molecule has 0 amide bonds. The van der Waals surface area contributed by atoms with Crippen LogP contribution in [0.25, 0.3) is 17.0 Å². The molecule has 0 saturated carbocycles. The number of allylic oxidation sites excluding steroid dienone is 4. The van der Waals surface area contributed by atoms with Crippen LogP contribution in [0.15, 0.2) is 67.4 Å². The molecule has 0 aliphatic carbocycles. The minimum Gasteiger partial charge on any atom is -0.492 e. The minimum atomic E-state index is 0.139. The van der Waals surface area contributed by atoms with Crippen LogP contribution in [-0.2, 0) is 4.74 Å². The van der Waals surface area contributed by atoms with Crippen LogP contribution in [0.1, 0.15) is 27.2 Å². The second kappa shape index (κ2) is 8.13. The van der Waals surface area contributed by atoms with Crippen LogP contribution in [-0.4, -0.2) is 20.9 Å². The summed E-state index contributed by atoms with van der Waals surface area (Å²) in [5, 5.41) is 4.43. The number of rotatable bonds is 7. The topological polar surface area (TPSA) is 39.9 Å². The zero-order chi connectivity index (χ0) is 16.7. The summed E-state index contributed by atoms with van der Waals surface area (Å²) in [5.74, 6) is 0.671. The van der Waals surface area contributed by atoms with Gasteiger partial charge in [-0.2, -0.15) is 5.10 Å². The predicted octanol–water partition coefficient (Wildman–Crippen LogP) is 4.69. The summed E-state index contributed by atoms with van der Waals surface area (Å²) in [5.41, 5.74) is 3.01. The molecule has 0 aliphatic rings. The van der Waals surface area contributed by atoms with Gasteiger partial charge >= 0.3 is 0 Å². The molecule has 0 spiro atoms. The maximum Gasteiger partial charge on any atom is 0.112 e. The van der Waals surface area contributed by atoms with Gasteiger partial charge in [0, 0.05) is 30.1 Å². The molecule has 2 heterocycles. The summed E-state index contributed by atoms with van der Waals surface area (Å²) in [6.07, 6.45) is 12.5. The largest absolute Gasteiger partial charge is 0.492 e. The lowest BCUT2D eigenvalue weighted by molar-refractivity contribution is 0.159. The maximum absolute atomic E-state index is 5.50. The second-order valence-electron chi connectivity index (χ2n) is 5.41. The van der Waals surface area contributed by atoms with E-state index in [0.29, 0.717) is 5.76 Å². The number of ether oxygens (including phenoxy) is 1. The van der Waals surface area contributed by atoms with Crippen molar-refractivity contribution in [2.24, 2.45) is 0 Å². The van der Waals surface area contributed by atoms with E-state index in [4.69, 9.17) is 4.74 Å². The van der Waals surface area contributed by atoms with E-state index in [1.54, 1.807) is 6.20 Å². The van der Waals surface area contributed by atoms with Crippen LogP contribution in [0.2, 0.25) is 0 Å². The molecule has 0 bridgehead atoms. The third-order valence-electron chi connectivity index (χ3n) is 3.19. The van der Waals surface area contributed by atoms with Crippen molar-refractivity contribution in [3.8, 4) is 11.3 Å². The van der Waals surface area contributed by atoms with Crippen molar-refractivity contribution < 1.29 is 4.74 Å². The van der Waals surface area contributed by atoms with E-state index in [2.05, 4.69) is 16.7 Å². The van der Waals surface area contributed by atoms with Gasteiger partial charge in [-0.15, -0.1) is 0 Å². The van der Waals surface area contributed by atoms with Gasteiger partial charge in [0.25, 0.3) is 0 Å². The SMILES string of the molecule is C=C(/C=C\C/C(=C\C)n1cc(-c2ccccn2)cn1)OC(C)C. The third-order valence-corrected chi connectivity index (χ3v) is 3.19. The summed E-state index contributed by atoms with van der Waals surface area (Å²) in [6.45, 7) is 9.85. The number of pyridine rings is 1. The van der Waals surface area contributed by atoms with E-state index in [-0.39, 0.29) is 6.10 Å². The molecule has 2 aromatic rings. The highest BCUT2D eigenvalue weighted by atomic mass is 16.5. The van der Waals surface area contributed by atoms with E-state index in [1.165, 1.54) is 0 Å². The Balaban J connectivity index is 2.04. The molecule has 4 heteroatoms. The minimum absolute atomic E-state index is 0.139. The molecule has 0 N–H and O–H groups in total. The van der Waals surface area contributed by atoms with Gasteiger partial charge in [0.05, 0.1) is 18.0 Å². The van der Waals surface area contributed by atoms with Crippen molar-refractivity contribution in [3.05, 3.63) is 67.4 Å². The highest BCUT2D eigenvalue weighted by molar-refractivity contribution is 5.59. The van der Waals surface area contributed by atoms with Crippen LogP contribution in [0, 0.1) is 0 Å². The van der Waals surface area contributed by atoms with Gasteiger partial charge in [-0.05, 0) is 39.0 Å². The molecule has 120 valence electrons. The van der Waals surface area contributed by atoms with Crippen molar-refractivity contribution in [1.29, 1.82) is 0 Å². The van der Waals surface area contributed by atoms with E-state index in [0.717, 1.165) is 23.4 Å². The summed E-state index contributed by atoms with van der Waals surface area (Å²) in [6, 6.07) is 5.85. The summed E-state index contributed by atoms with van der Waals surface area (Å²) >= 11 is 0. The smallest absolute Gasteiger partial charge is 0.112 e. The average Bonchev–Trinajstić information content (AvgIpc) is 3.01. The Morgan fingerprint density at radius 3 is 2.87 bits per heavy atom. The number of nitrogens with zero attached hydrogens (tertiary/aromatic N) is 3. The first-order valence-corrected chi connectivity index (χ1v) is 7.74. The van der Waals surface area contributed by atoms with Crippen LogP contribution in [0.4, 0.5) is 0 Å². The Bertz CT molecular complexity index is 696. The Morgan fingerprint density at radius 2 is 2.22 bits per heavy atom. The molecular weight excluding hydrogens is 286 g/mol. The van der Waals surface area contributed by atoms with Gasteiger partial charge in [0.2, 0.25) is 0 Å². The van der Waals surface area contributed by atoms with Crippen LogP contribution >= 0.6 is 0 Å². The van der Waals surface area contributed by atoms with Gasteiger partial charge in [-0.1, -0.05) is 24.8 Å². The van der Waals surface area contributed by atoms with Crippen molar-refractivity contribution in [1.82, 2.24) is 14.8 Å². The first-order chi connectivity index (χ1) is 11.1. The molecule has 23 heavy (non-hydrogen) atoms. The summed E-state index contributed by atoms with van der Waals surface area (Å²) < 4.78 is 7.38. The molecule has 0 unspecified atom stereocenters. The van der Waals surface area contributed by atoms with Crippen LogP contribution < -0.4 is 0 Å². The van der Waals surface area contributed by atoms with Crippen LogP contribution in [0.3, 0.4) is 0 Å². The molecule has 0 fully saturated rings. The van der Waals surface area contributed by atoms with Crippen molar-refractivity contribution in [3.63, 3.8) is 0 Å². The summed E-state index contributed by atoms with van der Waals surface area (Å²) in [7, 11) is 0.